The normalized spacial score (nSPS) is 22.1. The van der Waals surface area contributed by atoms with Crippen molar-refractivity contribution in [1.29, 1.82) is 0 Å². The fourth-order valence-corrected chi connectivity index (χ4v) is 7.20. The van der Waals surface area contributed by atoms with E-state index < -0.39 is 12.7 Å². The van der Waals surface area contributed by atoms with E-state index in [-0.39, 0.29) is 52.5 Å². The number of hydrogen-bond acceptors (Lipinski definition) is 9. The minimum atomic E-state index is -0.941. The Kier molecular flexibility index (Phi) is 7.67. The van der Waals surface area contributed by atoms with Crippen LogP contribution in [0.1, 0.15) is 53.8 Å². The lowest BCUT2D eigenvalue weighted by molar-refractivity contribution is -0.138. The second-order valence-corrected chi connectivity index (χ2v) is 13.4. The molecule has 0 aromatic carbocycles. The van der Waals surface area contributed by atoms with Crippen LogP contribution in [0.2, 0.25) is 0 Å². The number of carbonyl (C=O) groups is 3. The fourth-order valence-electron chi connectivity index (χ4n) is 6.89. The van der Waals surface area contributed by atoms with Gasteiger partial charge in [0.15, 0.2) is 5.78 Å². The predicted molar refractivity (Wildman–Crippen MR) is 171 cm³/mol. The molecule has 2 amide bonds. The molecule has 14 heteroatoms. The summed E-state index contributed by atoms with van der Waals surface area (Å²) in [6.07, 6.45) is 5.68. The number of alkyl halides is 1. The van der Waals surface area contributed by atoms with Gasteiger partial charge in [-0.25, -0.2) is 24.3 Å². The highest BCUT2D eigenvalue weighted by atomic mass is 79.9. The zero-order valence-corrected chi connectivity index (χ0v) is 27.3. The van der Waals surface area contributed by atoms with E-state index in [0.29, 0.717) is 39.3 Å². The summed E-state index contributed by atoms with van der Waals surface area (Å²) in [5.41, 5.74) is 2.03. The van der Waals surface area contributed by atoms with Crippen LogP contribution >= 0.6 is 15.9 Å². The third-order valence-electron chi connectivity index (χ3n) is 9.42. The van der Waals surface area contributed by atoms with Crippen LogP contribution in [-0.2, 0) is 22.8 Å². The number of nitrogens with one attached hydrogen (secondary N) is 1. The molecule has 46 heavy (non-hydrogen) atoms. The molecule has 12 nitrogen and oxygen atoms in total. The van der Waals surface area contributed by atoms with Gasteiger partial charge in [0.05, 0.1) is 16.9 Å². The number of fused-ring (bicyclic) bond motifs is 2. The molecule has 4 aromatic heterocycles. The molecule has 4 aromatic rings. The molecule has 3 fully saturated rings. The summed E-state index contributed by atoms with van der Waals surface area (Å²) >= 11 is 3.37. The molecule has 2 saturated heterocycles. The smallest absolute Gasteiger partial charge is 0.248 e. The fraction of sp³-hybridized carbons (Fsp3) is 0.438. The topological polar surface area (TPSA) is 139 Å². The van der Waals surface area contributed by atoms with E-state index in [4.69, 9.17) is 0 Å². The predicted octanol–water partition coefficient (Wildman–Crippen LogP) is 4.04. The summed E-state index contributed by atoms with van der Waals surface area (Å²) in [5, 5.41) is 7.84. The van der Waals surface area contributed by atoms with Crippen LogP contribution in [0.4, 0.5) is 10.2 Å². The van der Waals surface area contributed by atoms with Gasteiger partial charge in [0, 0.05) is 48.3 Å². The van der Waals surface area contributed by atoms with Crippen LogP contribution in [-0.4, -0.2) is 88.8 Å². The van der Waals surface area contributed by atoms with Gasteiger partial charge in [0.25, 0.3) is 0 Å². The van der Waals surface area contributed by atoms with Gasteiger partial charge >= 0.3 is 0 Å². The minimum Gasteiger partial charge on any atom is -0.325 e. The largest absolute Gasteiger partial charge is 0.325 e. The average molecular weight is 691 g/mol. The third kappa shape index (κ3) is 5.36. The molecule has 0 spiro atoms. The molecular weight excluding hydrogens is 657 g/mol. The van der Waals surface area contributed by atoms with Gasteiger partial charge in [-0.15, -0.1) is 0 Å². The number of Topliss-reactive ketones (excluding diaryl/α,β-unsaturated/α-hetero) is 1. The Morgan fingerprint density at radius 2 is 1.87 bits per heavy atom. The number of anilines is 1. The molecule has 1 N–H and O–H groups in total. The molecule has 1 aliphatic carbocycles. The second kappa shape index (κ2) is 11.6. The molecule has 0 radical (unpaired) electrons. The summed E-state index contributed by atoms with van der Waals surface area (Å²) in [4.78, 5) is 62.2. The Hall–Kier alpha value is -4.17. The number of halogens is 2. The Balaban J connectivity index is 1.23. The van der Waals surface area contributed by atoms with E-state index in [9.17, 15) is 18.8 Å². The number of hydrogen-bond donors (Lipinski definition) is 1. The average Bonchev–Trinajstić information content (AvgIpc) is 3.41. The zero-order valence-electron chi connectivity index (χ0n) is 25.8. The maximum absolute atomic E-state index is 14.6. The van der Waals surface area contributed by atoms with Crippen molar-refractivity contribution in [3.05, 3.63) is 58.0 Å². The quantitative estimate of drug-likeness (QED) is 0.204. The number of nitrogens with zero attached hydrogens (tertiary/aromatic N) is 8. The van der Waals surface area contributed by atoms with Crippen LogP contribution in [0.3, 0.4) is 0 Å². The standard InChI is InChI=1S/C32H33BrFN9O3/c1-17-5-6-26(33)38-30(17)39-31(46)24-10-32(16-41-7-4-8-41)11-25(32)43(24)27(45)15-42-29-21(28(40-42)18(2)44)9-22(37-23(29)12-34)20-13-35-19(3)36-14-20/h5-6,9,13-14,24-25H,4,7-8,10-12,15-16H2,1-3H3,(H,38,39,46)/t24-,25+,32-/m0/s1. The van der Waals surface area contributed by atoms with E-state index in [1.165, 1.54) is 11.6 Å². The summed E-state index contributed by atoms with van der Waals surface area (Å²) in [7, 11) is 0. The highest BCUT2D eigenvalue weighted by Crippen LogP contribution is 2.60. The van der Waals surface area contributed by atoms with Crippen LogP contribution < -0.4 is 5.32 Å². The number of piperidine rings is 1. The van der Waals surface area contributed by atoms with Gasteiger partial charge < -0.3 is 15.1 Å². The molecule has 7 rings (SSSR count). The van der Waals surface area contributed by atoms with Gasteiger partial charge in [0.1, 0.15) is 41.2 Å². The zero-order chi connectivity index (χ0) is 32.3. The molecular formula is C32H33BrFN9O3. The number of aryl methyl sites for hydroxylation is 2. The number of aromatic nitrogens is 6. The van der Waals surface area contributed by atoms with Gasteiger partial charge in [0.2, 0.25) is 11.8 Å². The Labute approximate surface area is 272 Å². The van der Waals surface area contributed by atoms with Crippen LogP contribution in [0.15, 0.2) is 35.2 Å². The minimum absolute atomic E-state index is 0.0475. The lowest BCUT2D eigenvalue weighted by Crippen LogP contribution is -2.47. The molecule has 6 heterocycles. The number of amides is 2. The van der Waals surface area contributed by atoms with E-state index in [2.05, 4.69) is 51.2 Å². The van der Waals surface area contributed by atoms with Crippen LogP contribution in [0.25, 0.3) is 22.2 Å². The summed E-state index contributed by atoms with van der Waals surface area (Å²) in [5.74, 6) is 0.0503. The lowest BCUT2D eigenvalue weighted by atomic mass is 9.97. The van der Waals surface area contributed by atoms with Crippen molar-refractivity contribution in [3.63, 3.8) is 0 Å². The summed E-state index contributed by atoms with van der Waals surface area (Å²) in [6.45, 7) is 6.64. The maximum Gasteiger partial charge on any atom is 0.248 e. The molecule has 238 valence electrons. The number of likely N-dealkylation sites (tertiary alicyclic amines) is 2. The highest BCUT2D eigenvalue weighted by molar-refractivity contribution is 9.10. The highest BCUT2D eigenvalue weighted by Gasteiger charge is 2.67. The summed E-state index contributed by atoms with van der Waals surface area (Å²) in [6, 6.07) is 4.50. The first-order valence-corrected chi connectivity index (χ1v) is 16.1. The van der Waals surface area contributed by atoms with Crippen molar-refractivity contribution < 1.29 is 18.8 Å². The van der Waals surface area contributed by atoms with Gasteiger partial charge in [-0.05, 0) is 79.8 Å². The SMILES string of the molecule is CC(=O)c1nn(CC(=O)N2[C@H](C(=O)Nc3nc(Br)ccc3C)C[C@@]3(CN4CCC4)C[C@@H]23)c2c(CF)nc(-c3cnc(C)nc3)cc12. The number of ketones is 1. The Morgan fingerprint density at radius 3 is 2.54 bits per heavy atom. The second-order valence-electron chi connectivity index (χ2n) is 12.6. The molecule has 3 atom stereocenters. The number of rotatable bonds is 9. The maximum atomic E-state index is 14.6. The summed E-state index contributed by atoms with van der Waals surface area (Å²) < 4.78 is 16.5. The first-order valence-electron chi connectivity index (χ1n) is 15.3. The molecule has 3 aliphatic rings. The van der Waals surface area contributed by atoms with Crippen molar-refractivity contribution in [3.8, 4) is 11.3 Å². The van der Waals surface area contributed by atoms with E-state index in [0.717, 1.165) is 38.0 Å². The van der Waals surface area contributed by atoms with Crippen LogP contribution in [0, 0.1) is 19.3 Å². The molecule has 1 saturated carbocycles. The van der Waals surface area contributed by atoms with Gasteiger partial charge in [-0.3, -0.25) is 19.1 Å². The molecule has 2 aliphatic heterocycles. The first-order chi connectivity index (χ1) is 22.1. The lowest BCUT2D eigenvalue weighted by Gasteiger charge is -2.33. The van der Waals surface area contributed by atoms with Crippen molar-refractivity contribution in [1.82, 2.24) is 39.5 Å². The van der Waals surface area contributed by atoms with E-state index in [1.807, 2.05) is 13.0 Å². The van der Waals surface area contributed by atoms with Crippen molar-refractivity contribution >= 4 is 50.2 Å². The number of carbonyl (C=O) groups excluding carboxylic acids is 3. The molecule has 0 unspecified atom stereocenters. The third-order valence-corrected chi connectivity index (χ3v) is 9.86. The van der Waals surface area contributed by atoms with Gasteiger partial charge in [-0.1, -0.05) is 6.07 Å². The van der Waals surface area contributed by atoms with Crippen molar-refractivity contribution in [2.45, 2.75) is 65.3 Å². The van der Waals surface area contributed by atoms with Gasteiger partial charge in [-0.2, -0.15) is 5.10 Å². The van der Waals surface area contributed by atoms with E-state index in [1.54, 1.807) is 36.4 Å². The monoisotopic (exact) mass is 689 g/mol. The Bertz CT molecular complexity index is 1890. The van der Waals surface area contributed by atoms with Crippen molar-refractivity contribution in [2.24, 2.45) is 5.41 Å². The van der Waals surface area contributed by atoms with Crippen molar-refractivity contribution in [2.75, 3.05) is 25.0 Å². The Morgan fingerprint density at radius 1 is 1.11 bits per heavy atom. The number of pyridine rings is 2. The first kappa shape index (κ1) is 30.5. The van der Waals surface area contributed by atoms with Crippen LogP contribution in [0.5, 0.6) is 0 Å². The molecule has 0 bridgehead atoms. The van der Waals surface area contributed by atoms with E-state index >= 15 is 0 Å².